The SMILES string of the molecule is CNC(=O)OC[C@H]1CC[C@@H]2CCCN1C2Oc1nc(N2CC3CCC(C2)N3)c2cnc(-c3cccc4cccc(Cl)c34)c(F)c2n1. The summed E-state index contributed by atoms with van der Waals surface area (Å²) in [7, 11) is 1.56. The fourth-order valence-corrected chi connectivity index (χ4v) is 8.27. The normalized spacial score (nSPS) is 27.2. The number of pyridine rings is 1. The Labute approximate surface area is 271 Å². The molecule has 4 aliphatic heterocycles. The fraction of sp³-hybridized carbons (Fsp3) is 0.471. The Hall–Kier alpha value is -3.80. The van der Waals surface area contributed by atoms with Crippen molar-refractivity contribution in [3.8, 4) is 17.3 Å². The zero-order valence-corrected chi connectivity index (χ0v) is 26.5. The van der Waals surface area contributed by atoms with Crippen molar-refractivity contribution >= 4 is 45.2 Å². The molecule has 4 fully saturated rings. The Morgan fingerprint density at radius 2 is 1.89 bits per heavy atom. The first-order valence-corrected chi connectivity index (χ1v) is 16.7. The van der Waals surface area contributed by atoms with Gasteiger partial charge in [-0.3, -0.25) is 9.88 Å². The predicted molar refractivity (Wildman–Crippen MR) is 175 cm³/mol. The van der Waals surface area contributed by atoms with Crippen molar-refractivity contribution in [3.63, 3.8) is 0 Å². The molecular formula is C34H37ClFN7O3. The summed E-state index contributed by atoms with van der Waals surface area (Å²) in [6, 6.07) is 12.2. The number of piperazine rings is 1. The number of hydrogen-bond donors (Lipinski definition) is 2. The van der Waals surface area contributed by atoms with Crippen molar-refractivity contribution in [2.45, 2.75) is 62.9 Å². The minimum atomic E-state index is -0.530. The van der Waals surface area contributed by atoms with Gasteiger partial charge in [0.25, 0.3) is 0 Å². The number of rotatable bonds is 6. The van der Waals surface area contributed by atoms with Crippen molar-refractivity contribution in [2.24, 2.45) is 5.92 Å². The van der Waals surface area contributed by atoms with Crippen molar-refractivity contribution < 1.29 is 18.7 Å². The van der Waals surface area contributed by atoms with Crippen molar-refractivity contribution in [1.29, 1.82) is 0 Å². The molecular weight excluding hydrogens is 609 g/mol. The Balaban J connectivity index is 1.22. The van der Waals surface area contributed by atoms with Gasteiger partial charge in [0.05, 0.1) is 5.39 Å². The van der Waals surface area contributed by atoms with Crippen LogP contribution in [0.2, 0.25) is 5.02 Å². The van der Waals surface area contributed by atoms with E-state index in [-0.39, 0.29) is 42.0 Å². The van der Waals surface area contributed by atoms with Crippen molar-refractivity contribution in [3.05, 3.63) is 53.4 Å². The number of halogens is 2. The number of hydrogen-bond acceptors (Lipinski definition) is 9. The number of piperidine rings is 2. The average molecular weight is 646 g/mol. The van der Waals surface area contributed by atoms with E-state index < -0.39 is 11.9 Å². The summed E-state index contributed by atoms with van der Waals surface area (Å²) < 4.78 is 29.0. The van der Waals surface area contributed by atoms with Gasteiger partial charge in [-0.2, -0.15) is 9.97 Å². The first-order valence-electron chi connectivity index (χ1n) is 16.3. The number of carbonyl (C=O) groups excluding carboxylic acids is 1. The van der Waals surface area contributed by atoms with Crippen LogP contribution in [0.1, 0.15) is 38.5 Å². The standard InChI is InChI=1S/C34H37ClFN7O3/c1-37-34(44)45-18-23-13-10-20-7-4-14-43(23)32(20)46-33-40-30-25(31(41-33)42-16-21-11-12-22(17-42)39-21)15-38-29(28(30)36)24-8-2-5-19-6-3-9-26(35)27(19)24/h2-3,5-6,8-9,15,20-23,32,39H,4,7,10-14,16-18H2,1H3,(H,37,44)/t20-,21?,22?,23+,32?/m0/s1. The van der Waals surface area contributed by atoms with E-state index in [1.807, 2.05) is 30.3 Å². The van der Waals surface area contributed by atoms with Gasteiger partial charge in [0.2, 0.25) is 0 Å². The minimum absolute atomic E-state index is 0.0196. The third kappa shape index (κ3) is 5.28. The van der Waals surface area contributed by atoms with E-state index in [0.29, 0.717) is 33.9 Å². The molecule has 0 radical (unpaired) electrons. The van der Waals surface area contributed by atoms with E-state index >= 15 is 4.39 Å². The number of nitrogens with zero attached hydrogens (tertiary/aromatic N) is 5. The summed E-state index contributed by atoms with van der Waals surface area (Å²) in [5.41, 5.74) is 0.972. The van der Waals surface area contributed by atoms with Crippen molar-refractivity contribution in [1.82, 2.24) is 30.5 Å². The summed E-state index contributed by atoms with van der Waals surface area (Å²) in [4.78, 5) is 30.8. The molecule has 46 heavy (non-hydrogen) atoms. The minimum Gasteiger partial charge on any atom is -0.448 e. The van der Waals surface area contributed by atoms with Crippen LogP contribution in [-0.2, 0) is 4.74 Å². The molecule has 2 aromatic carbocycles. The Morgan fingerprint density at radius 1 is 1.09 bits per heavy atom. The van der Waals surface area contributed by atoms with Gasteiger partial charge in [0.15, 0.2) is 12.0 Å². The third-order valence-electron chi connectivity index (χ3n) is 10.2. The topological polar surface area (TPSA) is 105 Å². The molecule has 2 aromatic heterocycles. The largest absolute Gasteiger partial charge is 0.448 e. The van der Waals surface area contributed by atoms with Gasteiger partial charge in [-0.05, 0) is 50.0 Å². The number of alkyl carbamates (subject to hydrolysis) is 1. The number of ether oxygens (including phenoxy) is 2. The molecule has 10 nitrogen and oxygen atoms in total. The fourth-order valence-electron chi connectivity index (χ4n) is 7.99. The molecule has 4 unspecified atom stereocenters. The Bertz CT molecular complexity index is 1790. The average Bonchev–Trinajstić information content (AvgIpc) is 3.41. The van der Waals surface area contributed by atoms with E-state index in [9.17, 15) is 4.79 Å². The first kappa shape index (κ1) is 29.6. The number of carbonyl (C=O) groups is 1. The van der Waals surface area contributed by atoms with Gasteiger partial charge < -0.3 is 25.0 Å². The molecule has 4 bridgehead atoms. The lowest BCUT2D eigenvalue weighted by molar-refractivity contribution is -0.115. The Morgan fingerprint density at radius 3 is 2.70 bits per heavy atom. The molecule has 12 heteroatoms. The number of aromatic nitrogens is 3. The highest BCUT2D eigenvalue weighted by Crippen LogP contribution is 2.40. The highest BCUT2D eigenvalue weighted by Gasteiger charge is 2.42. The molecule has 4 saturated heterocycles. The zero-order chi connectivity index (χ0) is 31.4. The van der Waals surface area contributed by atoms with Crippen LogP contribution in [0.5, 0.6) is 6.01 Å². The van der Waals surface area contributed by atoms with E-state index in [1.54, 1.807) is 19.3 Å². The number of amides is 1. The summed E-state index contributed by atoms with van der Waals surface area (Å²) in [5.74, 6) is 0.388. The molecule has 240 valence electrons. The lowest BCUT2D eigenvalue weighted by Crippen LogP contribution is -2.58. The van der Waals surface area contributed by atoms with Crippen LogP contribution >= 0.6 is 11.6 Å². The van der Waals surface area contributed by atoms with Crippen LogP contribution < -0.4 is 20.3 Å². The van der Waals surface area contributed by atoms with E-state index in [0.717, 1.165) is 68.9 Å². The maximum atomic E-state index is 16.8. The van der Waals surface area contributed by atoms with Gasteiger partial charge in [0, 0.05) is 72.9 Å². The van der Waals surface area contributed by atoms with Gasteiger partial charge in [-0.1, -0.05) is 41.9 Å². The van der Waals surface area contributed by atoms with Gasteiger partial charge in [0.1, 0.15) is 23.6 Å². The number of anilines is 1. The summed E-state index contributed by atoms with van der Waals surface area (Å²) in [6.45, 7) is 2.62. The molecule has 4 aromatic rings. The molecule has 8 rings (SSSR count). The lowest BCUT2D eigenvalue weighted by Gasteiger charge is -2.48. The van der Waals surface area contributed by atoms with Crippen LogP contribution in [0.4, 0.5) is 15.0 Å². The number of benzene rings is 2. The van der Waals surface area contributed by atoms with Gasteiger partial charge in [-0.25, -0.2) is 9.18 Å². The smallest absolute Gasteiger partial charge is 0.406 e. The van der Waals surface area contributed by atoms with Gasteiger partial charge in [-0.15, -0.1) is 0 Å². The van der Waals surface area contributed by atoms with Crippen LogP contribution in [0, 0.1) is 11.7 Å². The number of nitrogens with one attached hydrogen (secondary N) is 2. The maximum Gasteiger partial charge on any atom is 0.406 e. The second-order valence-corrected chi connectivity index (χ2v) is 13.3. The highest BCUT2D eigenvalue weighted by molar-refractivity contribution is 6.36. The van der Waals surface area contributed by atoms with Crippen LogP contribution in [-0.4, -0.2) is 83.6 Å². The van der Waals surface area contributed by atoms with E-state index in [4.69, 9.17) is 31.0 Å². The second kappa shape index (κ2) is 12.1. The Kier molecular flexibility index (Phi) is 7.78. The molecule has 0 aliphatic carbocycles. The first-order chi connectivity index (χ1) is 22.5. The predicted octanol–water partition coefficient (Wildman–Crippen LogP) is 5.51. The highest BCUT2D eigenvalue weighted by atomic mass is 35.5. The summed E-state index contributed by atoms with van der Waals surface area (Å²) in [6.07, 6.45) is 7.05. The third-order valence-corrected chi connectivity index (χ3v) is 10.5. The summed E-state index contributed by atoms with van der Waals surface area (Å²) >= 11 is 6.64. The molecule has 6 heterocycles. The van der Waals surface area contributed by atoms with Gasteiger partial charge >= 0.3 is 12.1 Å². The van der Waals surface area contributed by atoms with E-state index in [2.05, 4.69) is 25.4 Å². The zero-order valence-electron chi connectivity index (χ0n) is 25.7. The van der Waals surface area contributed by atoms with Crippen LogP contribution in [0.3, 0.4) is 0 Å². The summed E-state index contributed by atoms with van der Waals surface area (Å²) in [5, 5.41) is 8.94. The van der Waals surface area contributed by atoms with E-state index in [1.165, 1.54) is 0 Å². The van der Waals surface area contributed by atoms with Crippen LogP contribution in [0.25, 0.3) is 32.9 Å². The molecule has 2 N–H and O–H groups in total. The lowest BCUT2D eigenvalue weighted by atomic mass is 9.84. The van der Waals surface area contributed by atoms with Crippen LogP contribution in [0.15, 0.2) is 42.6 Å². The number of fused-ring (bicyclic) bond motifs is 6. The maximum absolute atomic E-state index is 16.8. The monoisotopic (exact) mass is 645 g/mol. The quantitative estimate of drug-likeness (QED) is 0.281. The molecule has 0 saturated carbocycles. The molecule has 0 spiro atoms. The second-order valence-electron chi connectivity index (χ2n) is 12.9. The molecule has 4 aliphatic rings. The van der Waals surface area contributed by atoms with Crippen molar-refractivity contribution in [2.75, 3.05) is 38.2 Å². The molecule has 6 atom stereocenters. The molecule has 1 amide bonds.